The van der Waals surface area contributed by atoms with E-state index in [1.54, 1.807) is 24.3 Å². The Morgan fingerprint density at radius 3 is 1.58 bits per heavy atom. The van der Waals surface area contributed by atoms with Crippen LogP contribution >= 0.6 is 0 Å². The maximum absolute atomic E-state index is 12.0. The first-order chi connectivity index (χ1) is 15.6. The van der Waals surface area contributed by atoms with Gasteiger partial charge in [-0.25, -0.2) is 0 Å². The summed E-state index contributed by atoms with van der Waals surface area (Å²) in [5.41, 5.74) is 11.5. The quantitative estimate of drug-likeness (QED) is 0.353. The lowest BCUT2D eigenvalue weighted by Crippen LogP contribution is -2.31. The van der Waals surface area contributed by atoms with Gasteiger partial charge in [0, 0.05) is 19.8 Å². The van der Waals surface area contributed by atoms with Crippen molar-refractivity contribution < 1.29 is 19.1 Å². The summed E-state index contributed by atoms with van der Waals surface area (Å²) in [4.78, 5) is 25.3. The Balaban J connectivity index is 0.000000569. The first kappa shape index (κ1) is 31.2. The maximum Gasteiger partial charge on any atom is 0.261 e. The fraction of sp³-hybridized carbons (Fsp3) is 0.692. The van der Waals surface area contributed by atoms with Crippen molar-refractivity contribution in [1.82, 2.24) is 4.90 Å². The molecule has 0 unspecified atom stereocenters. The zero-order valence-electron chi connectivity index (χ0n) is 21.6. The number of nitrogens with two attached hydrogens (primary N) is 2. The lowest BCUT2D eigenvalue weighted by atomic mass is 10.1. The van der Waals surface area contributed by atoms with Crippen molar-refractivity contribution >= 4 is 11.8 Å². The van der Waals surface area contributed by atoms with Gasteiger partial charge in [-0.3, -0.25) is 14.5 Å². The van der Waals surface area contributed by atoms with Gasteiger partial charge in [0.25, 0.3) is 11.8 Å². The number of rotatable bonds is 12. The van der Waals surface area contributed by atoms with Crippen LogP contribution in [0.2, 0.25) is 0 Å². The van der Waals surface area contributed by atoms with Gasteiger partial charge in [-0.05, 0) is 84.5 Å². The number of nitrogens with zero attached hydrogens (tertiary/aromatic N) is 1. The molecule has 0 atom stereocenters. The van der Waals surface area contributed by atoms with Gasteiger partial charge in [-0.1, -0.05) is 26.0 Å². The van der Waals surface area contributed by atoms with Crippen molar-refractivity contribution in [2.75, 3.05) is 32.8 Å². The molecule has 1 aromatic rings. The van der Waals surface area contributed by atoms with Crippen LogP contribution in [0.15, 0.2) is 24.3 Å². The van der Waals surface area contributed by atoms with E-state index in [4.69, 9.17) is 20.9 Å². The van der Waals surface area contributed by atoms with Crippen LogP contribution in [0.1, 0.15) is 87.9 Å². The maximum atomic E-state index is 12.0. The Morgan fingerprint density at radius 1 is 0.758 bits per heavy atom. The summed E-state index contributed by atoms with van der Waals surface area (Å²) in [5, 5.41) is 0. The van der Waals surface area contributed by atoms with Crippen LogP contribution < -0.4 is 11.5 Å². The van der Waals surface area contributed by atoms with Gasteiger partial charge in [0.2, 0.25) is 0 Å². The minimum absolute atomic E-state index is 0.173. The van der Waals surface area contributed by atoms with Gasteiger partial charge >= 0.3 is 0 Å². The molecule has 0 radical (unpaired) electrons. The monoisotopic (exact) mass is 465 g/mol. The van der Waals surface area contributed by atoms with Gasteiger partial charge in [-0.15, -0.1) is 0 Å². The molecule has 190 valence electrons. The summed E-state index contributed by atoms with van der Waals surface area (Å²) in [6.45, 7) is 15.8. The van der Waals surface area contributed by atoms with E-state index >= 15 is 0 Å². The average molecular weight is 466 g/mol. The summed E-state index contributed by atoms with van der Waals surface area (Å²) < 4.78 is 10.6. The zero-order valence-corrected chi connectivity index (χ0v) is 21.6. The zero-order chi connectivity index (χ0) is 25.2. The minimum Gasteiger partial charge on any atom is -0.379 e. The normalized spacial score (nSPS) is 12.6. The Hall–Kier alpha value is -1.80. The van der Waals surface area contributed by atoms with E-state index in [1.807, 2.05) is 27.7 Å². The van der Waals surface area contributed by atoms with Gasteiger partial charge in [0.15, 0.2) is 0 Å². The second-order valence-electron chi connectivity index (χ2n) is 8.97. The van der Waals surface area contributed by atoms with Crippen LogP contribution in [0, 0.1) is 5.92 Å². The third-order valence-corrected chi connectivity index (χ3v) is 4.64. The van der Waals surface area contributed by atoms with Crippen molar-refractivity contribution in [3.63, 3.8) is 0 Å². The number of hydrogen-bond donors (Lipinski definition) is 2. The third kappa shape index (κ3) is 14.1. The molecule has 0 saturated heterocycles. The van der Waals surface area contributed by atoms with E-state index in [2.05, 4.69) is 13.8 Å². The van der Waals surface area contributed by atoms with Gasteiger partial charge in [-0.2, -0.15) is 0 Å². The molecular formula is C26H47N3O4. The lowest BCUT2D eigenvalue weighted by Gasteiger charge is -2.14. The lowest BCUT2D eigenvalue weighted by molar-refractivity contribution is 0.0566. The molecule has 0 aromatic heterocycles. The third-order valence-electron chi connectivity index (χ3n) is 4.64. The molecule has 1 heterocycles. The van der Waals surface area contributed by atoms with Crippen LogP contribution in [0.4, 0.5) is 0 Å². The Bertz CT molecular complexity index is 628. The smallest absolute Gasteiger partial charge is 0.261 e. The van der Waals surface area contributed by atoms with Crippen molar-refractivity contribution in [3.8, 4) is 0 Å². The number of fused-ring (bicyclic) bond motifs is 1. The summed E-state index contributed by atoms with van der Waals surface area (Å²) in [5.74, 6) is 0.434. The fourth-order valence-corrected chi connectivity index (χ4v) is 2.91. The number of imide groups is 1. The first-order valence-electron chi connectivity index (χ1n) is 12.2. The van der Waals surface area contributed by atoms with Crippen LogP contribution in [-0.4, -0.2) is 61.8 Å². The van der Waals surface area contributed by atoms with Crippen molar-refractivity contribution in [1.29, 1.82) is 0 Å². The predicted molar refractivity (Wildman–Crippen MR) is 135 cm³/mol. The largest absolute Gasteiger partial charge is 0.379 e. The summed E-state index contributed by atoms with van der Waals surface area (Å²) in [7, 11) is 0. The molecule has 1 aromatic carbocycles. The highest BCUT2D eigenvalue weighted by atomic mass is 16.5. The second kappa shape index (κ2) is 18.6. The topological polar surface area (TPSA) is 108 Å². The SMILES string of the molecule is CC(C)CCCN.CC(C)OCCCN.CC(C)OCCCN1C(=O)c2ccccc2C1=O. The molecule has 7 heteroatoms. The predicted octanol–water partition coefficient (Wildman–Crippen LogP) is 4.24. The highest BCUT2D eigenvalue weighted by Crippen LogP contribution is 2.22. The molecule has 0 bridgehead atoms. The van der Waals surface area contributed by atoms with Crippen molar-refractivity contribution in [2.45, 2.75) is 79.4 Å². The molecular weight excluding hydrogens is 418 g/mol. The minimum atomic E-state index is -0.194. The number of hydrogen-bond acceptors (Lipinski definition) is 6. The Morgan fingerprint density at radius 2 is 1.21 bits per heavy atom. The molecule has 2 rings (SSSR count). The van der Waals surface area contributed by atoms with E-state index < -0.39 is 0 Å². The number of amides is 2. The average Bonchev–Trinajstić information content (AvgIpc) is 3.01. The molecule has 0 spiro atoms. The molecule has 0 aliphatic carbocycles. The molecule has 1 aliphatic heterocycles. The molecule has 0 fully saturated rings. The highest BCUT2D eigenvalue weighted by molar-refractivity contribution is 6.21. The number of carbonyl (C=O) groups is 2. The van der Waals surface area contributed by atoms with E-state index in [9.17, 15) is 9.59 Å². The van der Waals surface area contributed by atoms with E-state index in [0.717, 1.165) is 32.0 Å². The number of ether oxygens (including phenoxy) is 2. The fourth-order valence-electron chi connectivity index (χ4n) is 2.91. The molecule has 1 aliphatic rings. The summed E-state index contributed by atoms with van der Waals surface area (Å²) >= 11 is 0. The van der Waals surface area contributed by atoms with E-state index in [0.29, 0.717) is 36.8 Å². The highest BCUT2D eigenvalue weighted by Gasteiger charge is 2.34. The Labute approximate surface area is 201 Å². The van der Waals surface area contributed by atoms with Crippen LogP contribution in [0.5, 0.6) is 0 Å². The van der Waals surface area contributed by atoms with Crippen LogP contribution in [0.25, 0.3) is 0 Å². The summed E-state index contributed by atoms with van der Waals surface area (Å²) in [6.07, 6.45) is 4.62. The molecule has 0 saturated carbocycles. The summed E-state index contributed by atoms with van der Waals surface area (Å²) in [6, 6.07) is 6.94. The van der Waals surface area contributed by atoms with Gasteiger partial charge in [0.05, 0.1) is 23.3 Å². The molecule has 4 N–H and O–H groups in total. The molecule has 2 amide bonds. The first-order valence-corrected chi connectivity index (χ1v) is 12.2. The van der Waals surface area contributed by atoms with Gasteiger partial charge in [0.1, 0.15) is 0 Å². The number of benzene rings is 1. The second-order valence-corrected chi connectivity index (χ2v) is 8.97. The van der Waals surface area contributed by atoms with Gasteiger partial charge < -0.3 is 20.9 Å². The van der Waals surface area contributed by atoms with Crippen molar-refractivity contribution in [2.24, 2.45) is 17.4 Å². The van der Waals surface area contributed by atoms with Crippen LogP contribution in [0.3, 0.4) is 0 Å². The van der Waals surface area contributed by atoms with E-state index in [-0.39, 0.29) is 17.9 Å². The molecule has 33 heavy (non-hydrogen) atoms. The Kier molecular flexibility index (Phi) is 17.6. The van der Waals surface area contributed by atoms with Crippen LogP contribution in [-0.2, 0) is 9.47 Å². The standard InChI is InChI=1S/C14H17NO3.C6H15NO.C6H15N/c1-10(2)18-9-5-8-15-13(16)11-6-3-4-7-12(11)14(15)17;1-6(2)8-5-3-4-7;1-6(2)4-3-5-7/h3-4,6-7,10H,5,8-9H2,1-2H3;6H,3-5,7H2,1-2H3;6H,3-5,7H2,1-2H3. The van der Waals surface area contributed by atoms with E-state index in [1.165, 1.54) is 17.7 Å². The number of carbonyl (C=O) groups excluding carboxylic acids is 2. The molecule has 7 nitrogen and oxygen atoms in total. The van der Waals surface area contributed by atoms with Crippen molar-refractivity contribution in [3.05, 3.63) is 35.4 Å².